The van der Waals surface area contributed by atoms with E-state index in [4.69, 9.17) is 9.15 Å². The molecule has 2 heterocycles. The Balaban J connectivity index is 0.00000256. The predicted molar refractivity (Wildman–Crippen MR) is 116 cm³/mol. The van der Waals surface area contributed by atoms with Crippen LogP contribution >= 0.6 is 12.4 Å². The summed E-state index contributed by atoms with van der Waals surface area (Å²) in [5.41, 5.74) is 3.95. The van der Waals surface area contributed by atoms with Crippen molar-refractivity contribution in [2.24, 2.45) is 0 Å². The van der Waals surface area contributed by atoms with Crippen molar-refractivity contribution >= 4 is 24.0 Å². The summed E-state index contributed by atoms with van der Waals surface area (Å²) in [5, 5.41) is 5.82. The molecule has 0 radical (unpaired) electrons. The normalized spacial score (nSPS) is 12.6. The maximum absolute atomic E-state index is 14.7. The van der Waals surface area contributed by atoms with Crippen LogP contribution in [0.5, 0.6) is 5.75 Å². The number of carbonyl (C=O) groups excluding carboxylic acids is 1. The van der Waals surface area contributed by atoms with Crippen LogP contribution in [0.1, 0.15) is 38.6 Å². The minimum absolute atomic E-state index is 0. The highest BCUT2D eigenvalue weighted by Gasteiger charge is 2.19. The average molecular weight is 431 g/mol. The first-order valence-electron chi connectivity index (χ1n) is 9.62. The van der Waals surface area contributed by atoms with Gasteiger partial charge in [-0.25, -0.2) is 4.39 Å². The molecule has 0 bridgehead atoms. The van der Waals surface area contributed by atoms with Gasteiger partial charge in [0.2, 0.25) is 0 Å². The van der Waals surface area contributed by atoms with Gasteiger partial charge in [-0.05, 0) is 67.8 Å². The predicted octanol–water partition coefficient (Wildman–Crippen LogP) is 4.93. The first kappa shape index (κ1) is 21.9. The quantitative estimate of drug-likeness (QED) is 0.602. The monoisotopic (exact) mass is 430 g/mol. The number of carbonyl (C=O) groups is 1. The molecule has 1 aliphatic rings. The second-order valence-corrected chi connectivity index (χ2v) is 7.27. The van der Waals surface area contributed by atoms with Gasteiger partial charge in [0.25, 0.3) is 5.91 Å². The fourth-order valence-electron chi connectivity index (χ4n) is 3.50. The van der Waals surface area contributed by atoms with Gasteiger partial charge in [-0.2, -0.15) is 0 Å². The molecule has 158 valence electrons. The standard InChI is InChI=1S/C23H23FN2O3.ClH/c1-14-3-7-20(15(2)11-14)28-13-17-5-8-21(29-17)23(27)26-19-6-4-16-12-25-10-9-18(16)22(19)24;/h3-8,11,25H,9-10,12-13H2,1-2H3,(H,26,27);1H. The molecular formula is C23H24ClFN2O3. The Bertz CT molecular complexity index is 1060. The molecule has 0 spiro atoms. The molecule has 0 fully saturated rings. The fourth-order valence-corrected chi connectivity index (χ4v) is 3.50. The Morgan fingerprint density at radius 3 is 2.83 bits per heavy atom. The van der Waals surface area contributed by atoms with Crippen molar-refractivity contribution in [1.82, 2.24) is 5.32 Å². The van der Waals surface area contributed by atoms with Crippen molar-refractivity contribution in [3.63, 3.8) is 0 Å². The number of rotatable bonds is 5. The second-order valence-electron chi connectivity index (χ2n) is 7.27. The van der Waals surface area contributed by atoms with Gasteiger partial charge in [-0.1, -0.05) is 23.8 Å². The van der Waals surface area contributed by atoms with Crippen molar-refractivity contribution in [2.75, 3.05) is 11.9 Å². The SMILES string of the molecule is Cc1ccc(OCc2ccc(C(=O)Nc3ccc4c(c3F)CCNC4)o2)c(C)c1.Cl. The summed E-state index contributed by atoms with van der Waals surface area (Å²) in [7, 11) is 0. The highest BCUT2D eigenvalue weighted by Crippen LogP contribution is 2.25. The second kappa shape index (κ2) is 9.32. The minimum Gasteiger partial charge on any atom is -0.485 e. The summed E-state index contributed by atoms with van der Waals surface area (Å²) in [6, 6.07) is 12.6. The lowest BCUT2D eigenvalue weighted by Gasteiger charge is -2.19. The molecule has 0 aliphatic carbocycles. The van der Waals surface area contributed by atoms with E-state index in [0.717, 1.165) is 29.0 Å². The van der Waals surface area contributed by atoms with E-state index in [1.54, 1.807) is 18.2 Å². The van der Waals surface area contributed by atoms with E-state index < -0.39 is 5.91 Å². The Labute approximate surface area is 181 Å². The lowest BCUT2D eigenvalue weighted by Crippen LogP contribution is -2.25. The molecule has 2 aromatic carbocycles. The number of ether oxygens (including phenoxy) is 1. The molecule has 7 heteroatoms. The zero-order chi connectivity index (χ0) is 20.4. The van der Waals surface area contributed by atoms with Gasteiger partial charge < -0.3 is 19.8 Å². The molecule has 3 aromatic rings. The molecule has 1 aliphatic heterocycles. The van der Waals surface area contributed by atoms with Crippen LogP contribution in [0, 0.1) is 19.7 Å². The van der Waals surface area contributed by atoms with Crippen molar-refractivity contribution in [3.05, 3.63) is 82.1 Å². The molecular weight excluding hydrogens is 407 g/mol. The van der Waals surface area contributed by atoms with Crippen molar-refractivity contribution in [1.29, 1.82) is 0 Å². The van der Waals surface area contributed by atoms with Gasteiger partial charge in [0, 0.05) is 6.54 Å². The van der Waals surface area contributed by atoms with Gasteiger partial charge >= 0.3 is 0 Å². The Morgan fingerprint density at radius 2 is 2.03 bits per heavy atom. The zero-order valence-electron chi connectivity index (χ0n) is 16.9. The zero-order valence-corrected chi connectivity index (χ0v) is 17.7. The number of hydrogen-bond acceptors (Lipinski definition) is 4. The number of furan rings is 1. The molecule has 0 saturated heterocycles. The third-order valence-electron chi connectivity index (χ3n) is 5.04. The minimum atomic E-state index is -0.490. The largest absolute Gasteiger partial charge is 0.485 e. The van der Waals surface area contributed by atoms with Crippen LogP contribution in [-0.4, -0.2) is 12.5 Å². The number of hydrogen-bond donors (Lipinski definition) is 2. The van der Waals surface area contributed by atoms with Crippen LogP contribution in [0.3, 0.4) is 0 Å². The Kier molecular flexibility index (Phi) is 6.80. The lowest BCUT2D eigenvalue weighted by molar-refractivity contribution is 0.0992. The molecule has 2 N–H and O–H groups in total. The van der Waals surface area contributed by atoms with E-state index in [9.17, 15) is 9.18 Å². The lowest BCUT2D eigenvalue weighted by atomic mass is 9.99. The molecule has 0 atom stereocenters. The topological polar surface area (TPSA) is 63.5 Å². The summed E-state index contributed by atoms with van der Waals surface area (Å²) in [6.07, 6.45) is 0.603. The number of fused-ring (bicyclic) bond motifs is 1. The molecule has 1 aromatic heterocycles. The molecule has 4 rings (SSSR count). The maximum Gasteiger partial charge on any atom is 0.291 e. The van der Waals surface area contributed by atoms with Crippen LogP contribution < -0.4 is 15.4 Å². The number of anilines is 1. The van der Waals surface area contributed by atoms with Crippen molar-refractivity contribution in [2.45, 2.75) is 33.4 Å². The van der Waals surface area contributed by atoms with Gasteiger partial charge in [0.15, 0.2) is 5.76 Å². The fraction of sp³-hybridized carbons (Fsp3) is 0.261. The Morgan fingerprint density at radius 1 is 1.20 bits per heavy atom. The van der Waals surface area contributed by atoms with Crippen molar-refractivity contribution in [3.8, 4) is 5.75 Å². The third kappa shape index (κ3) is 4.66. The summed E-state index contributed by atoms with van der Waals surface area (Å²) < 4.78 is 26.1. The highest BCUT2D eigenvalue weighted by atomic mass is 35.5. The first-order chi connectivity index (χ1) is 14.0. The molecule has 0 saturated carbocycles. The number of benzene rings is 2. The van der Waals surface area contributed by atoms with Crippen LogP contribution in [0.4, 0.5) is 10.1 Å². The van der Waals surface area contributed by atoms with Crippen LogP contribution in [0.15, 0.2) is 46.9 Å². The molecule has 1 amide bonds. The Hall–Kier alpha value is -2.83. The number of nitrogens with one attached hydrogen (secondary N) is 2. The summed E-state index contributed by atoms with van der Waals surface area (Å²) >= 11 is 0. The van der Waals surface area contributed by atoms with E-state index in [1.807, 2.05) is 38.1 Å². The smallest absolute Gasteiger partial charge is 0.291 e. The van der Waals surface area contributed by atoms with E-state index in [1.165, 1.54) is 0 Å². The van der Waals surface area contributed by atoms with Gasteiger partial charge in [0.1, 0.15) is 23.9 Å². The van der Waals surface area contributed by atoms with E-state index >= 15 is 0 Å². The maximum atomic E-state index is 14.7. The van der Waals surface area contributed by atoms with E-state index in [2.05, 4.69) is 10.6 Å². The molecule has 5 nitrogen and oxygen atoms in total. The first-order valence-corrected chi connectivity index (χ1v) is 9.62. The average Bonchev–Trinajstić information content (AvgIpc) is 3.19. The van der Waals surface area contributed by atoms with E-state index in [0.29, 0.717) is 24.3 Å². The molecule has 0 unspecified atom stereocenters. The number of aryl methyl sites for hydroxylation is 2. The van der Waals surface area contributed by atoms with E-state index in [-0.39, 0.29) is 36.3 Å². The van der Waals surface area contributed by atoms with Crippen LogP contribution in [-0.2, 0) is 19.6 Å². The highest BCUT2D eigenvalue weighted by molar-refractivity contribution is 6.02. The summed E-state index contributed by atoms with van der Waals surface area (Å²) in [4.78, 5) is 12.5. The van der Waals surface area contributed by atoms with Crippen LogP contribution in [0.25, 0.3) is 0 Å². The summed E-state index contributed by atoms with van der Waals surface area (Å²) in [6.45, 7) is 5.58. The summed E-state index contributed by atoms with van der Waals surface area (Å²) in [5.74, 6) is 0.539. The number of amides is 1. The van der Waals surface area contributed by atoms with Crippen molar-refractivity contribution < 1.29 is 18.3 Å². The van der Waals surface area contributed by atoms with Gasteiger partial charge in [-0.15, -0.1) is 12.4 Å². The third-order valence-corrected chi connectivity index (χ3v) is 5.04. The van der Waals surface area contributed by atoms with Gasteiger partial charge in [0.05, 0.1) is 5.69 Å². The van der Waals surface area contributed by atoms with Gasteiger partial charge in [-0.3, -0.25) is 4.79 Å². The molecule has 30 heavy (non-hydrogen) atoms. The van der Waals surface area contributed by atoms with Crippen LogP contribution in [0.2, 0.25) is 0 Å². The number of halogens is 2.